The maximum atomic E-state index is 12.8. The summed E-state index contributed by atoms with van der Waals surface area (Å²) in [6, 6.07) is 11.7. The maximum absolute atomic E-state index is 12.8. The predicted molar refractivity (Wildman–Crippen MR) is 108 cm³/mol. The molecule has 7 nitrogen and oxygen atoms in total. The predicted octanol–water partition coefficient (Wildman–Crippen LogP) is 2.74. The van der Waals surface area contributed by atoms with Gasteiger partial charge in [-0.25, -0.2) is 4.79 Å². The molecule has 0 spiro atoms. The highest BCUT2D eigenvalue weighted by atomic mass is 19.4. The first-order valence-corrected chi connectivity index (χ1v) is 9.41. The highest BCUT2D eigenvalue weighted by molar-refractivity contribution is 5.81. The number of benzene rings is 2. The molecule has 3 aromatic rings. The Labute approximate surface area is 174 Å². The van der Waals surface area contributed by atoms with Crippen molar-refractivity contribution in [2.75, 3.05) is 7.05 Å². The third kappa shape index (κ3) is 4.96. The molecule has 0 saturated heterocycles. The first-order valence-electron chi connectivity index (χ1n) is 9.41. The summed E-state index contributed by atoms with van der Waals surface area (Å²) in [5.41, 5.74) is -0.0540. The lowest BCUT2D eigenvalue weighted by Crippen LogP contribution is -2.42. The normalized spacial score (nSPS) is 11.5. The van der Waals surface area contributed by atoms with Crippen molar-refractivity contribution in [2.45, 2.75) is 32.9 Å². The molecule has 1 aromatic heterocycles. The largest absolute Gasteiger partial charge is 0.573 e. The Kier molecular flexibility index (Phi) is 6.19. The number of para-hydroxylation sites is 1. The number of hydrogen-bond acceptors (Lipinski definition) is 4. The van der Waals surface area contributed by atoms with E-state index in [2.05, 4.69) is 4.74 Å². The van der Waals surface area contributed by atoms with Gasteiger partial charge in [-0.1, -0.05) is 24.3 Å². The Morgan fingerprint density at radius 2 is 1.68 bits per heavy atom. The third-order valence-electron chi connectivity index (χ3n) is 4.74. The Balaban J connectivity index is 1.81. The summed E-state index contributed by atoms with van der Waals surface area (Å²) in [6.45, 7) is 1.66. The first kappa shape index (κ1) is 22.1. The number of halogens is 3. The van der Waals surface area contributed by atoms with Crippen LogP contribution in [0.3, 0.4) is 0 Å². The molecular weight excluding hydrogens is 415 g/mol. The van der Waals surface area contributed by atoms with Crippen LogP contribution in [0.15, 0.2) is 58.1 Å². The molecule has 164 valence electrons. The van der Waals surface area contributed by atoms with Gasteiger partial charge in [0.1, 0.15) is 12.3 Å². The average Bonchev–Trinajstić information content (AvgIpc) is 2.71. The molecule has 0 aliphatic rings. The zero-order chi connectivity index (χ0) is 22.8. The van der Waals surface area contributed by atoms with Gasteiger partial charge < -0.3 is 9.64 Å². The van der Waals surface area contributed by atoms with Crippen molar-refractivity contribution in [1.82, 2.24) is 14.0 Å². The minimum absolute atomic E-state index is 0.116. The second-order valence-electron chi connectivity index (χ2n) is 6.88. The molecule has 3 rings (SSSR count). The van der Waals surface area contributed by atoms with Crippen LogP contribution >= 0.6 is 0 Å². The average molecular weight is 435 g/mol. The molecule has 0 unspecified atom stereocenters. The Morgan fingerprint density at radius 3 is 2.29 bits per heavy atom. The van der Waals surface area contributed by atoms with E-state index in [4.69, 9.17) is 0 Å². The summed E-state index contributed by atoms with van der Waals surface area (Å²) in [7, 11) is 1.52. The van der Waals surface area contributed by atoms with Gasteiger partial charge in [-0.15, -0.1) is 13.2 Å². The molecule has 0 saturated carbocycles. The van der Waals surface area contributed by atoms with E-state index < -0.39 is 23.5 Å². The lowest BCUT2D eigenvalue weighted by molar-refractivity contribution is -0.274. The summed E-state index contributed by atoms with van der Waals surface area (Å²) in [4.78, 5) is 39.3. The van der Waals surface area contributed by atoms with Gasteiger partial charge in [0.2, 0.25) is 5.91 Å². The monoisotopic (exact) mass is 435 g/mol. The van der Waals surface area contributed by atoms with Gasteiger partial charge in [-0.05, 0) is 36.8 Å². The highest BCUT2D eigenvalue weighted by Gasteiger charge is 2.31. The van der Waals surface area contributed by atoms with Crippen molar-refractivity contribution in [3.8, 4) is 5.75 Å². The number of carbonyl (C=O) groups is 1. The number of nitrogens with zero attached hydrogens (tertiary/aromatic N) is 3. The Bertz CT molecular complexity index is 1210. The topological polar surface area (TPSA) is 73.5 Å². The van der Waals surface area contributed by atoms with Crippen LogP contribution in [0.1, 0.15) is 12.5 Å². The smallest absolute Gasteiger partial charge is 0.406 e. The molecule has 2 aromatic carbocycles. The van der Waals surface area contributed by atoms with E-state index >= 15 is 0 Å². The Hall–Kier alpha value is -3.56. The summed E-state index contributed by atoms with van der Waals surface area (Å²) in [5, 5.41) is 0.333. The standard InChI is InChI=1S/C21H20F3N3O4/c1-3-26-19(29)16-6-4-5-7-17(16)27(20(26)30)13-18(28)25(2)12-14-8-10-15(11-9-14)31-21(22,23)24/h4-11H,3,12-13H2,1-2H3. The van der Waals surface area contributed by atoms with Gasteiger partial charge in [0, 0.05) is 20.1 Å². The quantitative estimate of drug-likeness (QED) is 0.597. The molecule has 0 radical (unpaired) electrons. The van der Waals surface area contributed by atoms with Crippen molar-refractivity contribution in [1.29, 1.82) is 0 Å². The number of alkyl halides is 3. The molecule has 0 aliphatic heterocycles. The number of ether oxygens (including phenoxy) is 1. The summed E-state index contributed by atoms with van der Waals surface area (Å²) < 4.78 is 42.9. The highest BCUT2D eigenvalue weighted by Crippen LogP contribution is 2.23. The summed E-state index contributed by atoms with van der Waals surface area (Å²) >= 11 is 0. The van der Waals surface area contributed by atoms with Crippen molar-refractivity contribution in [3.05, 3.63) is 74.9 Å². The first-order chi connectivity index (χ1) is 14.6. The zero-order valence-electron chi connectivity index (χ0n) is 16.8. The minimum atomic E-state index is -4.78. The number of amides is 1. The van der Waals surface area contributed by atoms with Crippen LogP contribution < -0.4 is 16.0 Å². The van der Waals surface area contributed by atoms with E-state index in [0.717, 1.165) is 16.7 Å². The molecule has 0 N–H and O–H groups in total. The van der Waals surface area contributed by atoms with Gasteiger partial charge in [0.25, 0.3) is 5.56 Å². The van der Waals surface area contributed by atoms with Gasteiger partial charge in [0.05, 0.1) is 10.9 Å². The minimum Gasteiger partial charge on any atom is -0.406 e. The van der Waals surface area contributed by atoms with E-state index in [0.29, 0.717) is 16.5 Å². The second-order valence-corrected chi connectivity index (χ2v) is 6.88. The molecule has 0 atom stereocenters. The molecule has 0 fully saturated rings. The van der Waals surface area contributed by atoms with E-state index in [9.17, 15) is 27.6 Å². The fraction of sp³-hybridized carbons (Fsp3) is 0.286. The van der Waals surface area contributed by atoms with Crippen molar-refractivity contribution >= 4 is 16.8 Å². The van der Waals surface area contributed by atoms with Gasteiger partial charge in [0.15, 0.2) is 0 Å². The van der Waals surface area contributed by atoms with E-state index in [1.165, 1.54) is 28.6 Å². The molecule has 31 heavy (non-hydrogen) atoms. The van der Waals surface area contributed by atoms with Crippen LogP contribution in [-0.4, -0.2) is 33.4 Å². The summed E-state index contributed by atoms with van der Waals surface area (Å²) in [6.07, 6.45) is -4.78. The van der Waals surface area contributed by atoms with Crippen LogP contribution in [-0.2, 0) is 24.4 Å². The van der Waals surface area contributed by atoms with Crippen molar-refractivity contribution in [2.24, 2.45) is 0 Å². The molecule has 0 bridgehead atoms. The number of hydrogen-bond donors (Lipinski definition) is 0. The molecule has 10 heteroatoms. The van der Waals surface area contributed by atoms with Crippen LogP contribution in [0.4, 0.5) is 13.2 Å². The molecule has 1 amide bonds. The van der Waals surface area contributed by atoms with Crippen LogP contribution in [0, 0.1) is 0 Å². The molecule has 1 heterocycles. The summed E-state index contributed by atoms with van der Waals surface area (Å²) in [5.74, 6) is -0.755. The van der Waals surface area contributed by atoms with E-state index in [1.807, 2.05) is 0 Å². The van der Waals surface area contributed by atoms with E-state index in [1.54, 1.807) is 31.2 Å². The number of fused-ring (bicyclic) bond motifs is 1. The van der Waals surface area contributed by atoms with Gasteiger partial charge >= 0.3 is 12.1 Å². The third-order valence-corrected chi connectivity index (χ3v) is 4.74. The Morgan fingerprint density at radius 1 is 1.03 bits per heavy atom. The SMILES string of the molecule is CCn1c(=O)c2ccccc2n(CC(=O)N(C)Cc2ccc(OC(F)(F)F)cc2)c1=O. The number of rotatable bonds is 6. The van der Waals surface area contributed by atoms with Crippen LogP contribution in [0.5, 0.6) is 5.75 Å². The zero-order valence-corrected chi connectivity index (χ0v) is 16.8. The van der Waals surface area contributed by atoms with E-state index in [-0.39, 0.29) is 25.4 Å². The maximum Gasteiger partial charge on any atom is 0.573 e. The molecular formula is C21H20F3N3O4. The van der Waals surface area contributed by atoms with Crippen molar-refractivity contribution < 1.29 is 22.7 Å². The lowest BCUT2D eigenvalue weighted by Gasteiger charge is -2.19. The fourth-order valence-corrected chi connectivity index (χ4v) is 3.22. The number of carbonyl (C=O) groups excluding carboxylic acids is 1. The number of aromatic nitrogens is 2. The second kappa shape index (κ2) is 8.66. The fourth-order valence-electron chi connectivity index (χ4n) is 3.22. The van der Waals surface area contributed by atoms with Crippen LogP contribution in [0.25, 0.3) is 10.9 Å². The molecule has 0 aliphatic carbocycles. The lowest BCUT2D eigenvalue weighted by atomic mass is 10.2. The van der Waals surface area contributed by atoms with Gasteiger partial charge in [-0.2, -0.15) is 0 Å². The van der Waals surface area contributed by atoms with Crippen LogP contribution in [0.2, 0.25) is 0 Å². The number of likely N-dealkylation sites (N-methyl/N-ethyl adjacent to an activating group) is 1. The van der Waals surface area contributed by atoms with Crippen molar-refractivity contribution in [3.63, 3.8) is 0 Å². The van der Waals surface area contributed by atoms with Gasteiger partial charge in [-0.3, -0.25) is 18.7 Å².